The Bertz CT molecular complexity index is 695. The fraction of sp³-hybridized carbons (Fsp3) is 0.471. The van der Waals surface area contributed by atoms with E-state index in [2.05, 4.69) is 4.74 Å². The van der Waals surface area contributed by atoms with E-state index in [1.54, 1.807) is 12.1 Å². The van der Waals surface area contributed by atoms with Crippen molar-refractivity contribution >= 4 is 17.9 Å². The number of carbonyl (C=O) groups is 3. The van der Waals surface area contributed by atoms with Gasteiger partial charge >= 0.3 is 17.9 Å². The van der Waals surface area contributed by atoms with Crippen molar-refractivity contribution in [1.29, 1.82) is 0 Å². The number of methoxy groups -OCH3 is 2. The van der Waals surface area contributed by atoms with Gasteiger partial charge in [0.2, 0.25) is 0 Å². The van der Waals surface area contributed by atoms with Crippen LogP contribution in [-0.4, -0.2) is 42.8 Å². The van der Waals surface area contributed by atoms with Crippen LogP contribution in [0.25, 0.3) is 0 Å². The average molecular weight is 334 g/mol. The first kappa shape index (κ1) is 16.4. The number of esters is 3. The second kappa shape index (κ2) is 5.59. The lowest BCUT2D eigenvalue weighted by molar-refractivity contribution is -0.169. The third-order valence-corrected chi connectivity index (χ3v) is 5.02. The molecule has 0 spiro atoms. The molecule has 1 saturated carbocycles. The molecule has 1 aromatic carbocycles. The SMILES string of the molecule is COC(=O)c1ccc([C@H]2OC(=O)[C@@]3(C(=O)OC)CCC[C@@]23O)cc1. The smallest absolute Gasteiger partial charge is 0.337 e. The van der Waals surface area contributed by atoms with Gasteiger partial charge in [-0.3, -0.25) is 9.59 Å². The van der Waals surface area contributed by atoms with E-state index in [1.807, 2.05) is 0 Å². The number of hydrogen-bond acceptors (Lipinski definition) is 7. The van der Waals surface area contributed by atoms with Gasteiger partial charge < -0.3 is 19.3 Å². The predicted molar refractivity (Wildman–Crippen MR) is 79.9 cm³/mol. The minimum absolute atomic E-state index is 0.186. The molecule has 1 aliphatic carbocycles. The van der Waals surface area contributed by atoms with E-state index in [4.69, 9.17) is 9.47 Å². The Morgan fingerprint density at radius 1 is 1.17 bits per heavy atom. The summed E-state index contributed by atoms with van der Waals surface area (Å²) < 4.78 is 14.8. The highest BCUT2D eigenvalue weighted by Crippen LogP contribution is 2.60. The molecule has 7 nitrogen and oxygen atoms in total. The Labute approximate surface area is 138 Å². The highest BCUT2D eigenvalue weighted by atomic mass is 16.6. The Balaban J connectivity index is 2.00. The van der Waals surface area contributed by atoms with Crippen molar-refractivity contribution in [3.8, 4) is 0 Å². The minimum atomic E-state index is -1.69. The number of carbonyl (C=O) groups excluding carboxylic acids is 3. The highest BCUT2D eigenvalue weighted by molar-refractivity contribution is 6.04. The van der Waals surface area contributed by atoms with Crippen LogP contribution in [-0.2, 0) is 23.8 Å². The predicted octanol–water partition coefficient (Wildman–Crippen LogP) is 1.15. The summed E-state index contributed by atoms with van der Waals surface area (Å²) in [4.78, 5) is 36.2. The summed E-state index contributed by atoms with van der Waals surface area (Å²) in [5.74, 6) is -2.04. The van der Waals surface area contributed by atoms with Crippen LogP contribution in [0.15, 0.2) is 24.3 Å². The zero-order chi connectivity index (χ0) is 17.5. The molecular formula is C17H18O7. The molecule has 1 saturated heterocycles. The van der Waals surface area contributed by atoms with Gasteiger partial charge in [0.1, 0.15) is 5.60 Å². The van der Waals surface area contributed by atoms with Gasteiger partial charge in [-0.25, -0.2) is 4.79 Å². The van der Waals surface area contributed by atoms with E-state index in [9.17, 15) is 19.5 Å². The van der Waals surface area contributed by atoms with E-state index >= 15 is 0 Å². The largest absolute Gasteiger partial charge is 0.468 e. The molecule has 2 fully saturated rings. The molecule has 0 radical (unpaired) electrons. The second-order valence-corrected chi connectivity index (χ2v) is 6.07. The highest BCUT2D eigenvalue weighted by Gasteiger charge is 2.74. The van der Waals surface area contributed by atoms with Gasteiger partial charge in [-0.2, -0.15) is 0 Å². The Hall–Kier alpha value is -2.41. The van der Waals surface area contributed by atoms with Gasteiger partial charge in [0.15, 0.2) is 11.5 Å². The lowest BCUT2D eigenvalue weighted by Crippen LogP contribution is -2.51. The molecule has 1 heterocycles. The molecule has 1 aliphatic heterocycles. The molecule has 2 aliphatic rings. The van der Waals surface area contributed by atoms with Crippen LogP contribution in [0.2, 0.25) is 0 Å². The van der Waals surface area contributed by atoms with Crippen LogP contribution < -0.4 is 0 Å². The van der Waals surface area contributed by atoms with Crippen molar-refractivity contribution in [2.24, 2.45) is 5.41 Å². The first-order valence-corrected chi connectivity index (χ1v) is 7.61. The lowest BCUT2D eigenvalue weighted by atomic mass is 9.72. The summed E-state index contributed by atoms with van der Waals surface area (Å²) in [6.45, 7) is 0. The van der Waals surface area contributed by atoms with Gasteiger partial charge in [0, 0.05) is 0 Å². The molecule has 1 N–H and O–H groups in total. The van der Waals surface area contributed by atoms with Crippen LogP contribution in [0, 0.1) is 5.41 Å². The van der Waals surface area contributed by atoms with E-state index in [1.165, 1.54) is 26.4 Å². The first-order chi connectivity index (χ1) is 11.4. The summed E-state index contributed by atoms with van der Waals surface area (Å²) >= 11 is 0. The second-order valence-electron chi connectivity index (χ2n) is 6.07. The minimum Gasteiger partial charge on any atom is -0.468 e. The molecule has 0 unspecified atom stereocenters. The van der Waals surface area contributed by atoms with E-state index in [0.29, 0.717) is 17.5 Å². The third-order valence-electron chi connectivity index (χ3n) is 5.02. The number of rotatable bonds is 3. The lowest BCUT2D eigenvalue weighted by Gasteiger charge is -2.32. The summed E-state index contributed by atoms with van der Waals surface area (Å²) in [7, 11) is 2.46. The molecule has 128 valence electrons. The van der Waals surface area contributed by atoms with Gasteiger partial charge in [-0.15, -0.1) is 0 Å². The van der Waals surface area contributed by atoms with Crippen molar-refractivity contribution in [3.05, 3.63) is 35.4 Å². The summed E-state index contributed by atoms with van der Waals surface area (Å²) in [5, 5.41) is 11.2. The number of ether oxygens (including phenoxy) is 3. The normalized spacial score (nSPS) is 31.3. The van der Waals surface area contributed by atoms with E-state index in [0.717, 1.165) is 0 Å². The number of aliphatic hydroxyl groups is 1. The maximum absolute atomic E-state index is 12.4. The van der Waals surface area contributed by atoms with Crippen molar-refractivity contribution in [3.63, 3.8) is 0 Å². The van der Waals surface area contributed by atoms with Crippen molar-refractivity contribution in [2.45, 2.75) is 31.0 Å². The molecule has 0 bridgehead atoms. The maximum atomic E-state index is 12.4. The van der Waals surface area contributed by atoms with Crippen LogP contribution in [0.1, 0.15) is 41.3 Å². The fourth-order valence-corrected chi connectivity index (χ4v) is 3.78. The summed E-state index contributed by atoms with van der Waals surface area (Å²) in [6, 6.07) is 6.19. The van der Waals surface area contributed by atoms with Gasteiger partial charge in [0.05, 0.1) is 19.8 Å². The number of hydrogen-bond donors (Lipinski definition) is 1. The van der Waals surface area contributed by atoms with Crippen molar-refractivity contribution < 1.29 is 33.7 Å². The Morgan fingerprint density at radius 3 is 2.42 bits per heavy atom. The number of cyclic esters (lactones) is 1. The third kappa shape index (κ3) is 1.97. The molecule has 3 rings (SSSR count). The zero-order valence-corrected chi connectivity index (χ0v) is 13.4. The summed E-state index contributed by atoms with van der Waals surface area (Å²) in [5.41, 5.74) is -2.51. The van der Waals surface area contributed by atoms with Gasteiger partial charge in [0.25, 0.3) is 0 Å². The number of benzene rings is 1. The molecule has 0 amide bonds. The molecule has 0 aromatic heterocycles. The average Bonchev–Trinajstić information content (AvgIpc) is 3.06. The Kier molecular flexibility index (Phi) is 3.83. The van der Waals surface area contributed by atoms with Crippen LogP contribution in [0.3, 0.4) is 0 Å². The summed E-state index contributed by atoms with van der Waals surface area (Å²) in [6.07, 6.45) is -0.0428. The van der Waals surface area contributed by atoms with Gasteiger partial charge in [-0.1, -0.05) is 12.1 Å². The first-order valence-electron chi connectivity index (χ1n) is 7.61. The van der Waals surface area contributed by atoms with E-state index < -0.39 is 35.0 Å². The van der Waals surface area contributed by atoms with Crippen molar-refractivity contribution in [2.75, 3.05) is 14.2 Å². The zero-order valence-electron chi connectivity index (χ0n) is 13.4. The van der Waals surface area contributed by atoms with Crippen molar-refractivity contribution in [1.82, 2.24) is 0 Å². The molecule has 7 heteroatoms. The monoisotopic (exact) mass is 334 g/mol. The standard InChI is InChI=1S/C17H18O7/c1-22-13(18)11-6-4-10(5-7-11)12-17(21)9-3-8-16(17,14(19)23-2)15(20)24-12/h4-7,12,21H,3,8-9H2,1-2H3/t12-,16+,17-/m1/s1. The van der Waals surface area contributed by atoms with Crippen LogP contribution >= 0.6 is 0 Å². The number of fused-ring (bicyclic) bond motifs is 1. The molecule has 3 atom stereocenters. The Morgan fingerprint density at radius 2 is 1.83 bits per heavy atom. The van der Waals surface area contributed by atoms with Crippen LogP contribution in [0.5, 0.6) is 0 Å². The molecule has 1 aromatic rings. The quantitative estimate of drug-likeness (QED) is 0.503. The van der Waals surface area contributed by atoms with E-state index in [-0.39, 0.29) is 12.8 Å². The molecular weight excluding hydrogens is 316 g/mol. The maximum Gasteiger partial charge on any atom is 0.337 e. The topological polar surface area (TPSA) is 99.1 Å². The fourth-order valence-electron chi connectivity index (χ4n) is 3.78. The van der Waals surface area contributed by atoms with Crippen LogP contribution in [0.4, 0.5) is 0 Å². The molecule has 24 heavy (non-hydrogen) atoms. The van der Waals surface area contributed by atoms with Gasteiger partial charge in [-0.05, 0) is 37.0 Å².